The van der Waals surface area contributed by atoms with Gasteiger partial charge in [-0.2, -0.15) is 0 Å². The second-order valence-electron chi connectivity index (χ2n) is 2.18. The third kappa shape index (κ3) is 1.18. The molecule has 0 unspecified atom stereocenters. The molecule has 56 valence electrons. The van der Waals surface area contributed by atoms with Gasteiger partial charge in [0.15, 0.2) is 0 Å². The van der Waals surface area contributed by atoms with E-state index in [4.69, 9.17) is 0 Å². The molecule has 0 aliphatic heterocycles. The number of rotatable bonds is 0. The van der Waals surface area contributed by atoms with Crippen molar-refractivity contribution in [1.29, 1.82) is 0 Å². The first kappa shape index (κ1) is 7.54. The summed E-state index contributed by atoms with van der Waals surface area (Å²) < 4.78 is 2.21. The smallest absolute Gasteiger partial charge is 0.0640 e. The zero-order valence-electron chi connectivity index (χ0n) is 5.44. The van der Waals surface area contributed by atoms with Gasteiger partial charge in [-0.05, 0) is 38.5 Å². The summed E-state index contributed by atoms with van der Waals surface area (Å²) in [5.41, 5.74) is 1.12. The molecule has 0 aliphatic carbocycles. The first-order valence-electron chi connectivity index (χ1n) is 3.05. The van der Waals surface area contributed by atoms with Gasteiger partial charge in [0, 0.05) is 27.5 Å². The lowest BCUT2D eigenvalue weighted by atomic mass is 10.3. The predicted octanol–water partition coefficient (Wildman–Crippen LogP) is 2.93. The quantitative estimate of drug-likeness (QED) is 0.742. The highest BCUT2D eigenvalue weighted by molar-refractivity contribution is 14.1. The lowest BCUT2D eigenvalue weighted by Gasteiger charge is -1.91. The van der Waals surface area contributed by atoms with E-state index in [1.54, 1.807) is 6.20 Å². The van der Waals surface area contributed by atoms with Gasteiger partial charge in [-0.3, -0.25) is 4.98 Å². The summed E-state index contributed by atoms with van der Waals surface area (Å²) in [4.78, 5) is 7.24. The van der Waals surface area contributed by atoms with Crippen LogP contribution in [-0.2, 0) is 0 Å². The molecule has 2 heterocycles. The maximum Gasteiger partial charge on any atom is 0.0640 e. The van der Waals surface area contributed by atoms with Crippen molar-refractivity contribution in [2.45, 2.75) is 0 Å². The van der Waals surface area contributed by atoms with E-state index >= 15 is 0 Å². The molecule has 2 aromatic heterocycles. The van der Waals surface area contributed by atoms with Crippen molar-refractivity contribution in [3.63, 3.8) is 0 Å². The Morgan fingerprint density at radius 2 is 2.27 bits per heavy atom. The van der Waals surface area contributed by atoms with E-state index in [-0.39, 0.29) is 0 Å². The highest BCUT2D eigenvalue weighted by atomic mass is 127. The minimum Gasteiger partial charge on any atom is -0.359 e. The van der Waals surface area contributed by atoms with E-state index in [1.807, 2.05) is 12.4 Å². The van der Waals surface area contributed by atoms with Gasteiger partial charge >= 0.3 is 0 Å². The Morgan fingerprint density at radius 1 is 1.45 bits per heavy atom. The van der Waals surface area contributed by atoms with Crippen LogP contribution < -0.4 is 0 Å². The van der Waals surface area contributed by atoms with E-state index in [0.717, 1.165) is 9.99 Å². The molecule has 1 N–H and O–H groups in total. The highest BCUT2D eigenvalue weighted by Gasteiger charge is 2.02. The molecule has 2 nitrogen and oxygen atoms in total. The number of hydrogen-bond donors (Lipinski definition) is 1. The van der Waals surface area contributed by atoms with Crippen molar-refractivity contribution in [2.24, 2.45) is 0 Å². The number of hydrogen-bond acceptors (Lipinski definition) is 1. The average Bonchev–Trinajstić information content (AvgIpc) is 2.35. The summed E-state index contributed by atoms with van der Waals surface area (Å²) in [6.45, 7) is 0. The predicted molar refractivity (Wildman–Crippen MR) is 56.5 cm³/mol. The van der Waals surface area contributed by atoms with Crippen LogP contribution in [0, 0.1) is 3.57 Å². The number of halogens is 2. The van der Waals surface area contributed by atoms with Crippen LogP contribution in [0.2, 0.25) is 0 Å². The highest BCUT2D eigenvalue weighted by Crippen LogP contribution is 2.24. The molecule has 0 radical (unpaired) electrons. The molecule has 2 aromatic rings. The van der Waals surface area contributed by atoms with Crippen molar-refractivity contribution < 1.29 is 0 Å². The van der Waals surface area contributed by atoms with E-state index in [2.05, 4.69) is 48.5 Å². The summed E-state index contributed by atoms with van der Waals surface area (Å²) in [5, 5.41) is 1.17. The number of nitrogens with zero attached hydrogens (tertiary/aromatic N) is 1. The monoisotopic (exact) mass is 322 g/mol. The number of nitrogens with one attached hydrogen (secondary N) is 1. The van der Waals surface area contributed by atoms with Crippen LogP contribution in [0.3, 0.4) is 0 Å². The molecule has 0 fully saturated rings. The summed E-state index contributed by atoms with van der Waals surface area (Å²) in [6, 6.07) is 0. The van der Waals surface area contributed by atoms with Crippen molar-refractivity contribution >= 4 is 49.4 Å². The fraction of sp³-hybridized carbons (Fsp3) is 0. The minimum atomic E-state index is 1.01. The van der Waals surface area contributed by atoms with Crippen molar-refractivity contribution in [2.75, 3.05) is 0 Å². The first-order valence-corrected chi connectivity index (χ1v) is 4.92. The van der Waals surface area contributed by atoms with Crippen molar-refractivity contribution in [1.82, 2.24) is 9.97 Å². The van der Waals surface area contributed by atoms with Crippen LogP contribution in [0.1, 0.15) is 0 Å². The Labute approximate surface area is 85.7 Å². The molecule has 0 atom stereocenters. The molecular weight excluding hydrogens is 319 g/mol. The molecule has 2 rings (SSSR count). The van der Waals surface area contributed by atoms with E-state index < -0.39 is 0 Å². The second kappa shape index (κ2) is 2.75. The Balaban J connectivity index is 2.94. The zero-order valence-corrected chi connectivity index (χ0v) is 9.18. The zero-order chi connectivity index (χ0) is 7.84. The number of aromatic amines is 1. The van der Waals surface area contributed by atoms with Gasteiger partial charge < -0.3 is 4.98 Å². The van der Waals surface area contributed by atoms with Crippen LogP contribution in [0.15, 0.2) is 23.1 Å². The summed E-state index contributed by atoms with van der Waals surface area (Å²) in [7, 11) is 0. The van der Waals surface area contributed by atoms with E-state index in [0.29, 0.717) is 0 Å². The molecule has 0 amide bonds. The van der Waals surface area contributed by atoms with Gasteiger partial charge in [0.2, 0.25) is 0 Å². The molecule has 0 saturated carbocycles. The lowest BCUT2D eigenvalue weighted by molar-refractivity contribution is 1.34. The van der Waals surface area contributed by atoms with Crippen LogP contribution >= 0.6 is 38.5 Å². The van der Waals surface area contributed by atoms with Crippen LogP contribution in [0.5, 0.6) is 0 Å². The van der Waals surface area contributed by atoms with Gasteiger partial charge in [-0.25, -0.2) is 0 Å². The van der Waals surface area contributed by atoms with Gasteiger partial charge in [-0.15, -0.1) is 0 Å². The molecule has 0 aromatic carbocycles. The van der Waals surface area contributed by atoms with Crippen LogP contribution in [-0.4, -0.2) is 9.97 Å². The van der Waals surface area contributed by atoms with Crippen LogP contribution in [0.25, 0.3) is 10.9 Å². The van der Waals surface area contributed by atoms with E-state index in [1.165, 1.54) is 8.96 Å². The lowest BCUT2D eigenvalue weighted by Crippen LogP contribution is -1.74. The fourth-order valence-electron chi connectivity index (χ4n) is 0.976. The van der Waals surface area contributed by atoms with Gasteiger partial charge in [0.25, 0.3) is 0 Å². The van der Waals surface area contributed by atoms with E-state index in [9.17, 15) is 0 Å². The maximum absolute atomic E-state index is 4.07. The molecule has 11 heavy (non-hydrogen) atoms. The Kier molecular flexibility index (Phi) is 1.88. The van der Waals surface area contributed by atoms with Crippen molar-refractivity contribution in [3.8, 4) is 0 Å². The fourth-order valence-corrected chi connectivity index (χ4v) is 1.99. The third-order valence-electron chi connectivity index (χ3n) is 1.50. The minimum absolute atomic E-state index is 1.01. The standard InChI is InChI=1S/C7H4BrIN2/c8-5-2-10-1-4-6(9)3-11-7(4)5/h1-3,11H. The molecular formula is C7H4BrIN2. The molecule has 0 bridgehead atoms. The number of pyridine rings is 1. The molecule has 0 saturated heterocycles. The average molecular weight is 323 g/mol. The molecule has 0 aliphatic rings. The summed E-state index contributed by atoms with van der Waals surface area (Å²) in [5.74, 6) is 0. The largest absolute Gasteiger partial charge is 0.359 e. The van der Waals surface area contributed by atoms with Crippen LogP contribution in [0.4, 0.5) is 0 Å². The Morgan fingerprint density at radius 3 is 3.00 bits per heavy atom. The second-order valence-corrected chi connectivity index (χ2v) is 4.20. The van der Waals surface area contributed by atoms with Gasteiger partial charge in [0.1, 0.15) is 0 Å². The number of H-pyrrole nitrogens is 1. The first-order chi connectivity index (χ1) is 5.29. The topological polar surface area (TPSA) is 28.7 Å². The SMILES string of the molecule is Brc1cncc2c(I)c[nH]c12. The van der Waals surface area contributed by atoms with Gasteiger partial charge in [0.05, 0.1) is 9.99 Å². The Bertz CT molecular complexity index is 396. The van der Waals surface area contributed by atoms with Gasteiger partial charge in [-0.1, -0.05) is 0 Å². The Hall–Kier alpha value is -0.100. The number of fused-ring (bicyclic) bond motifs is 1. The number of aromatic nitrogens is 2. The molecule has 0 spiro atoms. The summed E-state index contributed by atoms with van der Waals surface area (Å²) >= 11 is 5.69. The maximum atomic E-state index is 4.07. The van der Waals surface area contributed by atoms with Crippen molar-refractivity contribution in [3.05, 3.63) is 26.6 Å². The molecule has 4 heteroatoms. The normalized spacial score (nSPS) is 10.7. The summed E-state index contributed by atoms with van der Waals surface area (Å²) in [6.07, 6.45) is 5.62. The third-order valence-corrected chi connectivity index (χ3v) is 2.99.